The van der Waals surface area contributed by atoms with Crippen molar-refractivity contribution in [2.45, 2.75) is 45.7 Å². The summed E-state index contributed by atoms with van der Waals surface area (Å²) in [5, 5.41) is 0.822. The minimum absolute atomic E-state index is 0.321. The average molecular weight is 482 g/mol. The maximum Gasteiger partial charge on any atom is 0.162 e. The van der Waals surface area contributed by atoms with Gasteiger partial charge in [0.05, 0.1) is 24.8 Å². The van der Waals surface area contributed by atoms with E-state index >= 15 is 0 Å². The number of alkyl halides is 1. The van der Waals surface area contributed by atoms with Crippen molar-refractivity contribution >= 4 is 35.0 Å². The monoisotopic (exact) mass is 481 g/mol. The molecule has 1 atom stereocenters. The second-order valence-electron chi connectivity index (χ2n) is 8.52. The second-order valence-corrected chi connectivity index (χ2v) is 9.60. The summed E-state index contributed by atoms with van der Waals surface area (Å²) < 4.78 is 26.2. The number of aldehydes is 1. The Bertz CT molecular complexity index is 1280. The average Bonchev–Trinajstić information content (AvgIpc) is 3.15. The first-order valence-electron chi connectivity index (χ1n) is 11.3. The smallest absolute Gasteiger partial charge is 0.162 e. The van der Waals surface area contributed by atoms with Crippen LogP contribution in [0.15, 0.2) is 53.6 Å². The first-order chi connectivity index (χ1) is 16.2. The van der Waals surface area contributed by atoms with Gasteiger partial charge in [-0.2, -0.15) is 0 Å². The zero-order valence-corrected chi connectivity index (χ0v) is 21.2. The number of nitrogen functional groups attached to an aromatic ring is 1. The number of anilines is 1. The largest absolute Gasteiger partial charge is 0.493 e. The van der Waals surface area contributed by atoms with Crippen LogP contribution in [0.2, 0.25) is 0 Å². The summed E-state index contributed by atoms with van der Waals surface area (Å²) in [5.41, 5.74) is 9.31. The van der Waals surface area contributed by atoms with Crippen LogP contribution in [-0.4, -0.2) is 26.2 Å². The van der Waals surface area contributed by atoms with Crippen molar-refractivity contribution in [1.29, 1.82) is 0 Å². The van der Waals surface area contributed by atoms with E-state index in [0.717, 1.165) is 51.2 Å². The molecule has 0 saturated heterocycles. The van der Waals surface area contributed by atoms with E-state index in [-0.39, 0.29) is 0 Å². The highest BCUT2D eigenvalue weighted by atomic mass is 32.1. The molecule has 1 unspecified atom stereocenters. The molecule has 2 aromatic rings. The highest BCUT2D eigenvalue weighted by Gasteiger charge is 2.21. The lowest BCUT2D eigenvalue weighted by atomic mass is 9.91. The van der Waals surface area contributed by atoms with Crippen LogP contribution in [0.3, 0.4) is 0 Å². The summed E-state index contributed by atoms with van der Waals surface area (Å²) in [6, 6.07) is 5.71. The summed E-state index contributed by atoms with van der Waals surface area (Å²) >= 11 is 1.40. The SMILES string of the molecule is CCC\C=c1/sc(C=O)c(N)/c1=C(/C=C(\C)C1=CCC(C)(F)C=C1)c1ccc(OC)c(OC)c1. The first-order valence-corrected chi connectivity index (χ1v) is 12.1. The quantitative estimate of drug-likeness (QED) is 0.506. The lowest BCUT2D eigenvalue weighted by molar-refractivity contribution is 0.112. The van der Waals surface area contributed by atoms with Gasteiger partial charge in [0, 0.05) is 16.2 Å². The molecule has 3 rings (SSSR count). The fraction of sp³-hybridized carbons (Fsp3) is 0.321. The van der Waals surface area contributed by atoms with Gasteiger partial charge < -0.3 is 15.2 Å². The van der Waals surface area contributed by atoms with Crippen molar-refractivity contribution in [1.82, 2.24) is 0 Å². The molecule has 0 amide bonds. The lowest BCUT2D eigenvalue weighted by Crippen LogP contribution is -2.25. The van der Waals surface area contributed by atoms with E-state index in [9.17, 15) is 9.18 Å². The molecule has 1 aliphatic carbocycles. The Balaban J connectivity index is 2.36. The van der Waals surface area contributed by atoms with Crippen LogP contribution in [0.1, 0.15) is 55.3 Å². The summed E-state index contributed by atoms with van der Waals surface area (Å²) in [5.74, 6) is 1.22. The zero-order valence-electron chi connectivity index (χ0n) is 20.4. The van der Waals surface area contributed by atoms with Crippen LogP contribution in [-0.2, 0) is 0 Å². The van der Waals surface area contributed by atoms with Crippen LogP contribution in [0.5, 0.6) is 11.5 Å². The van der Waals surface area contributed by atoms with Gasteiger partial charge in [0.15, 0.2) is 17.8 Å². The van der Waals surface area contributed by atoms with Crippen molar-refractivity contribution in [3.8, 4) is 11.5 Å². The number of unbranched alkanes of at least 4 members (excludes halogenated alkanes) is 1. The molecule has 2 N–H and O–H groups in total. The van der Waals surface area contributed by atoms with Crippen LogP contribution >= 0.6 is 11.3 Å². The van der Waals surface area contributed by atoms with Gasteiger partial charge >= 0.3 is 0 Å². The molecule has 0 fully saturated rings. The number of rotatable bonds is 8. The lowest BCUT2D eigenvalue weighted by Gasteiger charge is -2.19. The van der Waals surface area contributed by atoms with Crippen molar-refractivity contribution in [3.63, 3.8) is 0 Å². The number of ether oxygens (including phenoxy) is 2. The number of benzene rings is 1. The minimum Gasteiger partial charge on any atom is -0.493 e. The molecule has 0 bridgehead atoms. The van der Waals surface area contributed by atoms with E-state index in [1.54, 1.807) is 27.2 Å². The molecule has 4 nitrogen and oxygen atoms in total. The van der Waals surface area contributed by atoms with Gasteiger partial charge in [-0.3, -0.25) is 4.79 Å². The molecule has 6 heteroatoms. The fourth-order valence-electron chi connectivity index (χ4n) is 3.87. The van der Waals surface area contributed by atoms with Crippen molar-refractivity contribution in [2.75, 3.05) is 20.0 Å². The Morgan fingerprint density at radius 2 is 2.00 bits per heavy atom. The molecule has 0 saturated carbocycles. The molecule has 1 heterocycles. The van der Waals surface area contributed by atoms with E-state index in [1.807, 2.05) is 37.3 Å². The molecule has 0 aliphatic heterocycles. The third kappa shape index (κ3) is 5.50. The number of hydrogen-bond donors (Lipinski definition) is 1. The Morgan fingerprint density at radius 3 is 2.59 bits per heavy atom. The van der Waals surface area contributed by atoms with Crippen molar-refractivity contribution < 1.29 is 18.7 Å². The Labute approximate surface area is 204 Å². The van der Waals surface area contributed by atoms with Crippen LogP contribution in [0.4, 0.5) is 10.1 Å². The predicted octanol–water partition coefficient (Wildman–Crippen LogP) is 5.50. The van der Waals surface area contributed by atoms with E-state index in [2.05, 4.69) is 19.1 Å². The number of nitrogens with two attached hydrogens (primary N) is 1. The van der Waals surface area contributed by atoms with Gasteiger partial charge in [0.25, 0.3) is 0 Å². The molecule has 1 aliphatic rings. The fourth-order valence-corrected chi connectivity index (χ4v) is 4.89. The zero-order chi connectivity index (χ0) is 24.9. The third-order valence-electron chi connectivity index (χ3n) is 5.84. The van der Waals surface area contributed by atoms with E-state index < -0.39 is 5.67 Å². The molecule has 1 aromatic carbocycles. The van der Waals surface area contributed by atoms with Gasteiger partial charge in [-0.25, -0.2) is 4.39 Å². The summed E-state index contributed by atoms with van der Waals surface area (Å²) in [7, 11) is 3.19. The Morgan fingerprint density at radius 1 is 1.26 bits per heavy atom. The van der Waals surface area contributed by atoms with Gasteiger partial charge in [0.1, 0.15) is 5.67 Å². The molecule has 34 heavy (non-hydrogen) atoms. The van der Waals surface area contributed by atoms with E-state index in [4.69, 9.17) is 15.2 Å². The predicted molar refractivity (Wildman–Crippen MR) is 140 cm³/mol. The Hall–Kier alpha value is -3.12. The van der Waals surface area contributed by atoms with Crippen molar-refractivity contribution in [2.24, 2.45) is 0 Å². The number of hydrogen-bond acceptors (Lipinski definition) is 5. The minimum atomic E-state index is -1.33. The van der Waals surface area contributed by atoms with Gasteiger partial charge in [0.2, 0.25) is 0 Å². The highest BCUT2D eigenvalue weighted by molar-refractivity contribution is 7.12. The highest BCUT2D eigenvalue weighted by Crippen LogP contribution is 2.32. The Kier molecular flexibility index (Phi) is 8.15. The molecule has 0 spiro atoms. The molecule has 0 radical (unpaired) electrons. The number of carbonyl (C=O) groups excluding carboxylic acids is 1. The molecular formula is C28H32FNO3S. The van der Waals surface area contributed by atoms with E-state index in [0.29, 0.717) is 28.5 Å². The number of halogens is 1. The summed E-state index contributed by atoms with van der Waals surface area (Å²) in [4.78, 5) is 12.2. The van der Waals surface area contributed by atoms with Gasteiger partial charge in [-0.05, 0) is 60.8 Å². The molecule has 180 valence electrons. The van der Waals surface area contributed by atoms with Crippen molar-refractivity contribution in [3.05, 3.63) is 73.8 Å². The van der Waals surface area contributed by atoms with Gasteiger partial charge in [-0.1, -0.05) is 43.7 Å². The van der Waals surface area contributed by atoms with Gasteiger partial charge in [-0.15, -0.1) is 11.3 Å². The second kappa shape index (κ2) is 10.9. The van der Waals surface area contributed by atoms with Crippen LogP contribution < -0.4 is 25.0 Å². The molecular weight excluding hydrogens is 449 g/mol. The summed E-state index contributed by atoms with van der Waals surface area (Å²) in [6.07, 6.45) is 12.5. The first kappa shape index (κ1) is 25.5. The maximum absolute atomic E-state index is 14.3. The normalized spacial score (nSPS) is 19.6. The number of thiophene rings is 1. The number of carbonyl (C=O) groups is 1. The van der Waals surface area contributed by atoms with E-state index in [1.165, 1.54) is 11.3 Å². The topological polar surface area (TPSA) is 61.6 Å². The summed E-state index contributed by atoms with van der Waals surface area (Å²) in [6.45, 7) is 5.67. The standard InChI is InChI=1S/C28H32FNO3S/c1-6-7-8-24-26(27(30)25(17-31)34-24)21(20-9-10-22(32-4)23(16-20)33-5)15-18(2)19-11-13-28(3,29)14-12-19/h8-13,15-17H,6-7,14,30H2,1-5H3/b18-15+,24-8-,26-21-. The maximum atomic E-state index is 14.3. The molecule has 1 aromatic heterocycles. The van der Waals surface area contributed by atoms with Crippen LogP contribution in [0.25, 0.3) is 11.6 Å². The number of methoxy groups -OCH3 is 2. The van der Waals surface area contributed by atoms with Crippen LogP contribution in [0, 0.1) is 0 Å². The third-order valence-corrected chi connectivity index (χ3v) is 6.96. The number of allylic oxidation sites excluding steroid dienone is 6.